The second-order valence-electron chi connectivity index (χ2n) is 7.40. The lowest BCUT2D eigenvalue weighted by atomic mass is 9.92. The molecule has 0 atom stereocenters. The standard InChI is InChI=1S/C21H19FN4O/c1-11-8-12(9-24-20(11)22)14-6-3-7-15-18(23)17-16(25-19(14)15)10-26(21(17)27)13-4-2-5-13/h3,6-9,13H,2,4-5,10H2,1H3,(H2,23,25). The molecule has 6 heteroatoms. The average Bonchev–Trinajstić information content (AvgIpc) is 2.92. The van der Waals surface area contributed by atoms with Gasteiger partial charge in [0.15, 0.2) is 0 Å². The van der Waals surface area contributed by atoms with Crippen LogP contribution in [0.25, 0.3) is 22.0 Å². The summed E-state index contributed by atoms with van der Waals surface area (Å²) in [4.78, 5) is 23.4. The second kappa shape index (κ2) is 5.74. The molecular formula is C21H19FN4O. The van der Waals surface area contributed by atoms with Crippen LogP contribution in [0.4, 0.5) is 10.1 Å². The Labute approximate surface area is 156 Å². The van der Waals surface area contributed by atoms with Crippen molar-refractivity contribution in [2.24, 2.45) is 0 Å². The second-order valence-corrected chi connectivity index (χ2v) is 7.40. The molecule has 5 rings (SSSR count). The first-order valence-electron chi connectivity index (χ1n) is 9.19. The Kier molecular flexibility index (Phi) is 3.44. The number of aryl methyl sites for hydroxylation is 1. The third-order valence-electron chi connectivity index (χ3n) is 5.77. The van der Waals surface area contributed by atoms with Crippen LogP contribution in [0.2, 0.25) is 0 Å². The molecule has 2 aromatic heterocycles. The molecule has 3 aromatic rings. The number of rotatable bonds is 2. The Bertz CT molecular complexity index is 1110. The van der Waals surface area contributed by atoms with E-state index in [1.54, 1.807) is 13.0 Å². The number of carbonyl (C=O) groups excluding carboxylic acids is 1. The van der Waals surface area contributed by atoms with Crippen LogP contribution in [-0.4, -0.2) is 26.8 Å². The van der Waals surface area contributed by atoms with Crippen LogP contribution < -0.4 is 5.73 Å². The van der Waals surface area contributed by atoms with Crippen molar-refractivity contribution in [3.8, 4) is 11.1 Å². The molecule has 3 heterocycles. The van der Waals surface area contributed by atoms with Gasteiger partial charge in [-0.25, -0.2) is 9.97 Å². The lowest BCUT2D eigenvalue weighted by Gasteiger charge is -2.34. The number of benzene rings is 1. The van der Waals surface area contributed by atoms with E-state index in [4.69, 9.17) is 10.7 Å². The average molecular weight is 362 g/mol. The van der Waals surface area contributed by atoms with E-state index in [0.29, 0.717) is 29.4 Å². The molecule has 0 unspecified atom stereocenters. The van der Waals surface area contributed by atoms with Crippen LogP contribution in [0.5, 0.6) is 0 Å². The molecule has 136 valence electrons. The van der Waals surface area contributed by atoms with Gasteiger partial charge in [-0.1, -0.05) is 18.2 Å². The highest BCUT2D eigenvalue weighted by atomic mass is 19.1. The number of para-hydroxylation sites is 1. The van der Waals surface area contributed by atoms with E-state index in [1.165, 1.54) is 6.20 Å². The number of hydrogen-bond acceptors (Lipinski definition) is 4. The zero-order valence-corrected chi connectivity index (χ0v) is 15.0. The molecule has 1 aliphatic carbocycles. The quantitative estimate of drug-likeness (QED) is 0.703. The Morgan fingerprint density at radius 2 is 2.11 bits per heavy atom. The van der Waals surface area contributed by atoms with Gasteiger partial charge in [-0.05, 0) is 32.3 Å². The van der Waals surface area contributed by atoms with E-state index < -0.39 is 5.95 Å². The molecule has 1 aliphatic heterocycles. The first-order chi connectivity index (χ1) is 13.0. The Morgan fingerprint density at radius 3 is 2.81 bits per heavy atom. The van der Waals surface area contributed by atoms with E-state index >= 15 is 0 Å². The summed E-state index contributed by atoms with van der Waals surface area (Å²) in [7, 11) is 0. The zero-order chi connectivity index (χ0) is 18.7. The number of fused-ring (bicyclic) bond motifs is 2. The first-order valence-corrected chi connectivity index (χ1v) is 9.19. The number of nitrogens with two attached hydrogens (primary N) is 1. The van der Waals surface area contributed by atoms with Crippen molar-refractivity contribution in [1.82, 2.24) is 14.9 Å². The highest BCUT2D eigenvalue weighted by Gasteiger charge is 2.38. The molecule has 1 saturated carbocycles. The minimum absolute atomic E-state index is 0.00806. The van der Waals surface area contributed by atoms with Crippen molar-refractivity contribution in [2.45, 2.75) is 38.8 Å². The smallest absolute Gasteiger partial charge is 0.258 e. The third kappa shape index (κ3) is 2.32. The van der Waals surface area contributed by atoms with Crippen LogP contribution in [0.3, 0.4) is 0 Å². The molecule has 1 aromatic carbocycles. The Morgan fingerprint density at radius 1 is 1.30 bits per heavy atom. The number of pyridine rings is 2. The van der Waals surface area contributed by atoms with Crippen LogP contribution in [0.1, 0.15) is 40.9 Å². The maximum atomic E-state index is 13.6. The summed E-state index contributed by atoms with van der Waals surface area (Å²) >= 11 is 0. The van der Waals surface area contributed by atoms with Crippen molar-refractivity contribution < 1.29 is 9.18 Å². The van der Waals surface area contributed by atoms with Gasteiger partial charge < -0.3 is 10.6 Å². The summed E-state index contributed by atoms with van der Waals surface area (Å²) in [5.41, 5.74) is 11.0. The van der Waals surface area contributed by atoms with Crippen LogP contribution in [-0.2, 0) is 6.54 Å². The molecule has 5 nitrogen and oxygen atoms in total. The fourth-order valence-corrected chi connectivity index (χ4v) is 4.02. The van der Waals surface area contributed by atoms with Gasteiger partial charge in [0.2, 0.25) is 5.95 Å². The van der Waals surface area contributed by atoms with Crippen LogP contribution >= 0.6 is 0 Å². The predicted octanol–water partition coefficient (Wildman–Crippen LogP) is 3.83. The summed E-state index contributed by atoms with van der Waals surface area (Å²) in [6.45, 7) is 2.19. The lowest BCUT2D eigenvalue weighted by molar-refractivity contribution is 0.0606. The number of hydrogen-bond donors (Lipinski definition) is 1. The number of anilines is 1. The summed E-state index contributed by atoms with van der Waals surface area (Å²) < 4.78 is 13.6. The molecule has 1 fully saturated rings. The number of amides is 1. The summed E-state index contributed by atoms with van der Waals surface area (Å²) in [5, 5.41) is 0.747. The maximum Gasteiger partial charge on any atom is 0.258 e. The number of carbonyl (C=O) groups is 1. The SMILES string of the molecule is Cc1cc(-c2cccc3c(N)c4c(nc23)CN(C2CCC2)C4=O)cnc1F. The largest absolute Gasteiger partial charge is 0.397 e. The summed E-state index contributed by atoms with van der Waals surface area (Å²) in [6, 6.07) is 7.75. The van der Waals surface area contributed by atoms with E-state index in [9.17, 15) is 9.18 Å². The molecule has 0 radical (unpaired) electrons. The molecule has 0 bridgehead atoms. The molecule has 0 saturated heterocycles. The van der Waals surface area contributed by atoms with Crippen molar-refractivity contribution >= 4 is 22.5 Å². The van der Waals surface area contributed by atoms with Crippen molar-refractivity contribution in [1.29, 1.82) is 0 Å². The van der Waals surface area contributed by atoms with Crippen molar-refractivity contribution in [3.05, 3.63) is 53.2 Å². The Hall–Kier alpha value is -3.02. The fourth-order valence-electron chi connectivity index (χ4n) is 4.02. The van der Waals surface area contributed by atoms with E-state index in [0.717, 1.165) is 47.0 Å². The van der Waals surface area contributed by atoms with E-state index in [2.05, 4.69) is 4.98 Å². The van der Waals surface area contributed by atoms with Crippen LogP contribution in [0, 0.1) is 12.9 Å². The molecular weight excluding hydrogens is 343 g/mol. The topological polar surface area (TPSA) is 72.1 Å². The number of aromatic nitrogens is 2. The summed E-state index contributed by atoms with van der Waals surface area (Å²) in [6.07, 6.45) is 4.76. The molecule has 2 aliphatic rings. The fraction of sp³-hybridized carbons (Fsp3) is 0.286. The first kappa shape index (κ1) is 16.2. The normalized spacial score (nSPS) is 16.7. The van der Waals surface area contributed by atoms with Gasteiger partial charge in [-0.3, -0.25) is 4.79 Å². The molecule has 2 N–H and O–H groups in total. The lowest BCUT2D eigenvalue weighted by Crippen LogP contribution is -2.40. The third-order valence-corrected chi connectivity index (χ3v) is 5.77. The highest BCUT2D eigenvalue weighted by Crippen LogP contribution is 2.39. The van der Waals surface area contributed by atoms with Gasteiger partial charge in [0, 0.05) is 34.3 Å². The monoisotopic (exact) mass is 362 g/mol. The number of halogens is 1. The van der Waals surface area contributed by atoms with Gasteiger partial charge >= 0.3 is 0 Å². The molecule has 27 heavy (non-hydrogen) atoms. The van der Waals surface area contributed by atoms with Crippen LogP contribution in [0.15, 0.2) is 30.5 Å². The van der Waals surface area contributed by atoms with Crippen molar-refractivity contribution in [3.63, 3.8) is 0 Å². The summed E-state index contributed by atoms with van der Waals surface area (Å²) in [5.74, 6) is -0.486. The van der Waals surface area contributed by atoms with Crippen molar-refractivity contribution in [2.75, 3.05) is 5.73 Å². The number of nitrogens with zero attached hydrogens (tertiary/aromatic N) is 3. The van der Waals surface area contributed by atoms with Gasteiger partial charge in [-0.15, -0.1) is 0 Å². The maximum absolute atomic E-state index is 13.6. The van der Waals surface area contributed by atoms with Gasteiger partial charge in [0.25, 0.3) is 5.91 Å². The molecule has 0 spiro atoms. The van der Waals surface area contributed by atoms with E-state index in [1.807, 2.05) is 23.1 Å². The predicted molar refractivity (Wildman–Crippen MR) is 102 cm³/mol. The minimum atomic E-state index is -0.478. The van der Waals surface area contributed by atoms with E-state index in [-0.39, 0.29) is 5.91 Å². The minimum Gasteiger partial charge on any atom is -0.397 e. The van der Waals surface area contributed by atoms with Gasteiger partial charge in [-0.2, -0.15) is 4.39 Å². The zero-order valence-electron chi connectivity index (χ0n) is 15.0. The Balaban J connectivity index is 1.70. The van der Waals surface area contributed by atoms with Gasteiger partial charge in [0.1, 0.15) is 0 Å². The van der Waals surface area contributed by atoms with Gasteiger partial charge in [0.05, 0.1) is 29.0 Å². The highest BCUT2D eigenvalue weighted by molar-refractivity contribution is 6.11. The number of nitrogen functional groups attached to an aromatic ring is 1. The molecule has 1 amide bonds.